The Balaban J connectivity index is 2.01. The largest absolute Gasteiger partial charge is 0.361 e. The van der Waals surface area contributed by atoms with Gasteiger partial charge in [0.1, 0.15) is 5.76 Å². The highest BCUT2D eigenvalue weighted by Crippen LogP contribution is 2.20. The number of nitrogens with zero attached hydrogens (tertiary/aromatic N) is 3. The van der Waals surface area contributed by atoms with E-state index in [1.54, 1.807) is 0 Å². The van der Waals surface area contributed by atoms with Gasteiger partial charge < -0.3 is 9.84 Å². The van der Waals surface area contributed by atoms with Crippen molar-refractivity contribution in [1.82, 2.24) is 20.3 Å². The molecule has 0 radical (unpaired) electrons. The van der Waals surface area contributed by atoms with Crippen molar-refractivity contribution in [3.05, 3.63) is 32.9 Å². The first-order valence-electron chi connectivity index (χ1n) is 5.81. The summed E-state index contributed by atoms with van der Waals surface area (Å²) in [5, 5.41) is 11.7. The lowest BCUT2D eigenvalue weighted by Crippen LogP contribution is -2.16. The summed E-state index contributed by atoms with van der Waals surface area (Å²) in [6.45, 7) is 7.38. The Bertz CT molecular complexity index is 539. The average molecular weight is 313 g/mol. The summed E-state index contributed by atoms with van der Waals surface area (Å²) < 4.78 is 8.09. The van der Waals surface area contributed by atoms with E-state index in [4.69, 9.17) is 4.52 Å². The van der Waals surface area contributed by atoms with E-state index in [1.165, 1.54) is 0 Å². The van der Waals surface area contributed by atoms with Gasteiger partial charge in [0.25, 0.3) is 0 Å². The van der Waals surface area contributed by atoms with E-state index in [2.05, 4.69) is 31.5 Å². The van der Waals surface area contributed by atoms with E-state index in [1.807, 2.05) is 32.5 Å². The van der Waals surface area contributed by atoms with Gasteiger partial charge in [-0.25, -0.2) is 0 Å². The second kappa shape index (κ2) is 5.24. The summed E-state index contributed by atoms with van der Waals surface area (Å²) in [5.41, 5.74) is 4.22. The minimum atomic E-state index is 0.748. The van der Waals surface area contributed by atoms with Crippen LogP contribution in [0, 0.1) is 20.8 Å². The molecule has 5 nitrogen and oxygen atoms in total. The van der Waals surface area contributed by atoms with Crippen molar-refractivity contribution in [3.63, 3.8) is 0 Å². The van der Waals surface area contributed by atoms with Gasteiger partial charge in [-0.15, -0.1) is 0 Å². The molecule has 0 aliphatic heterocycles. The number of nitrogens with one attached hydrogen (secondary N) is 1. The van der Waals surface area contributed by atoms with Crippen LogP contribution in [-0.4, -0.2) is 14.9 Å². The third-order valence-corrected chi connectivity index (χ3v) is 4.07. The Hall–Kier alpha value is -1.14. The average Bonchev–Trinajstić information content (AvgIpc) is 2.75. The quantitative estimate of drug-likeness (QED) is 0.941. The van der Waals surface area contributed by atoms with Crippen molar-refractivity contribution in [3.8, 4) is 0 Å². The zero-order valence-corrected chi connectivity index (χ0v) is 12.6. The summed E-state index contributed by atoms with van der Waals surface area (Å²) in [5.74, 6) is 0.875. The number of aryl methyl sites for hydroxylation is 4. The lowest BCUT2D eigenvalue weighted by molar-refractivity contribution is 0.391. The third-order valence-electron chi connectivity index (χ3n) is 3.04. The zero-order valence-electron chi connectivity index (χ0n) is 11.0. The summed E-state index contributed by atoms with van der Waals surface area (Å²) in [6.07, 6.45) is 0. The topological polar surface area (TPSA) is 55.9 Å². The van der Waals surface area contributed by atoms with Crippen molar-refractivity contribution >= 4 is 15.9 Å². The molecule has 0 atom stereocenters. The first-order valence-corrected chi connectivity index (χ1v) is 6.60. The van der Waals surface area contributed by atoms with E-state index in [0.29, 0.717) is 0 Å². The van der Waals surface area contributed by atoms with Crippen LogP contribution in [0.4, 0.5) is 0 Å². The Morgan fingerprint density at radius 3 is 2.44 bits per heavy atom. The van der Waals surface area contributed by atoms with Crippen LogP contribution in [0.5, 0.6) is 0 Å². The van der Waals surface area contributed by atoms with Crippen molar-refractivity contribution in [2.75, 3.05) is 0 Å². The number of rotatable bonds is 4. The van der Waals surface area contributed by atoms with Gasteiger partial charge >= 0.3 is 0 Å². The van der Waals surface area contributed by atoms with E-state index in [0.717, 1.165) is 46.0 Å². The summed E-state index contributed by atoms with van der Waals surface area (Å²) in [6, 6.07) is 0. The van der Waals surface area contributed by atoms with Gasteiger partial charge in [-0.2, -0.15) is 5.10 Å². The minimum Gasteiger partial charge on any atom is -0.361 e. The fourth-order valence-corrected chi connectivity index (χ4v) is 2.41. The highest BCUT2D eigenvalue weighted by molar-refractivity contribution is 9.10. The molecule has 0 bridgehead atoms. The summed E-state index contributed by atoms with van der Waals surface area (Å²) in [7, 11) is 1.95. The molecule has 0 fully saturated rings. The minimum absolute atomic E-state index is 0.748. The molecule has 0 spiro atoms. The number of hydrogen-bond acceptors (Lipinski definition) is 4. The predicted octanol–water partition coefficient (Wildman–Crippen LogP) is 2.39. The second-order valence-electron chi connectivity index (χ2n) is 4.38. The highest BCUT2D eigenvalue weighted by Gasteiger charge is 2.12. The Morgan fingerprint density at radius 2 is 1.94 bits per heavy atom. The van der Waals surface area contributed by atoms with Crippen LogP contribution in [0.2, 0.25) is 0 Å². The molecule has 2 rings (SSSR count). The maximum Gasteiger partial charge on any atom is 0.138 e. The Morgan fingerprint density at radius 1 is 1.22 bits per heavy atom. The molecular weight excluding hydrogens is 296 g/mol. The maximum atomic E-state index is 5.13. The fraction of sp³-hybridized carbons (Fsp3) is 0.500. The number of halogens is 1. The number of hydrogen-bond donors (Lipinski definition) is 1. The van der Waals surface area contributed by atoms with Crippen LogP contribution in [0.15, 0.2) is 9.00 Å². The monoisotopic (exact) mass is 312 g/mol. The molecule has 0 aromatic carbocycles. The second-order valence-corrected chi connectivity index (χ2v) is 5.17. The molecule has 2 aromatic rings. The van der Waals surface area contributed by atoms with Crippen LogP contribution in [0.3, 0.4) is 0 Å². The molecule has 98 valence electrons. The van der Waals surface area contributed by atoms with E-state index < -0.39 is 0 Å². The van der Waals surface area contributed by atoms with Gasteiger partial charge in [-0.05, 0) is 36.7 Å². The van der Waals surface area contributed by atoms with E-state index >= 15 is 0 Å². The van der Waals surface area contributed by atoms with Gasteiger partial charge in [0.15, 0.2) is 0 Å². The SMILES string of the molecule is Cc1nn(C)c(CNCc2c(C)noc2C)c1Br. The maximum absolute atomic E-state index is 5.13. The van der Waals surface area contributed by atoms with Crippen LogP contribution in [0.1, 0.15) is 28.4 Å². The molecule has 1 N–H and O–H groups in total. The van der Waals surface area contributed by atoms with Gasteiger partial charge in [0.2, 0.25) is 0 Å². The predicted molar refractivity (Wildman–Crippen MR) is 72.2 cm³/mol. The van der Waals surface area contributed by atoms with Crippen molar-refractivity contribution in [2.45, 2.75) is 33.9 Å². The Labute approximate surface area is 115 Å². The van der Waals surface area contributed by atoms with E-state index in [9.17, 15) is 0 Å². The highest BCUT2D eigenvalue weighted by atomic mass is 79.9. The normalized spacial score (nSPS) is 11.2. The molecule has 6 heteroatoms. The van der Waals surface area contributed by atoms with Crippen LogP contribution in [-0.2, 0) is 20.1 Å². The first kappa shape index (κ1) is 13.3. The van der Waals surface area contributed by atoms with Gasteiger partial charge in [-0.1, -0.05) is 5.16 Å². The molecule has 0 saturated carbocycles. The number of aromatic nitrogens is 3. The summed E-state index contributed by atoms with van der Waals surface area (Å²) >= 11 is 3.55. The molecule has 0 aliphatic rings. The lowest BCUT2D eigenvalue weighted by atomic mass is 10.2. The van der Waals surface area contributed by atoms with Crippen molar-refractivity contribution in [1.29, 1.82) is 0 Å². The molecule has 2 heterocycles. The molecule has 18 heavy (non-hydrogen) atoms. The van der Waals surface area contributed by atoms with Gasteiger partial charge in [0.05, 0.1) is 21.6 Å². The van der Waals surface area contributed by atoms with Crippen molar-refractivity contribution in [2.24, 2.45) is 7.05 Å². The zero-order chi connectivity index (χ0) is 13.3. The van der Waals surface area contributed by atoms with E-state index in [-0.39, 0.29) is 0 Å². The molecule has 0 unspecified atom stereocenters. The fourth-order valence-electron chi connectivity index (χ4n) is 1.93. The first-order chi connectivity index (χ1) is 8.50. The molecule has 0 amide bonds. The van der Waals surface area contributed by atoms with Crippen LogP contribution >= 0.6 is 15.9 Å². The van der Waals surface area contributed by atoms with Crippen molar-refractivity contribution < 1.29 is 4.52 Å². The molecule has 0 saturated heterocycles. The Kier molecular flexibility index (Phi) is 3.87. The lowest BCUT2D eigenvalue weighted by Gasteiger charge is -2.05. The smallest absolute Gasteiger partial charge is 0.138 e. The summed E-state index contributed by atoms with van der Waals surface area (Å²) in [4.78, 5) is 0. The van der Waals surface area contributed by atoms with Crippen LogP contribution < -0.4 is 5.32 Å². The van der Waals surface area contributed by atoms with Gasteiger partial charge in [0, 0.05) is 25.7 Å². The standard InChI is InChI=1S/C12H17BrN4O/c1-7-10(9(3)18-16-7)5-14-6-11-12(13)8(2)15-17(11)4/h14H,5-6H2,1-4H3. The molecule has 0 aliphatic carbocycles. The molecule has 2 aromatic heterocycles. The third kappa shape index (κ3) is 2.49. The van der Waals surface area contributed by atoms with Crippen LogP contribution in [0.25, 0.3) is 0 Å². The van der Waals surface area contributed by atoms with Gasteiger partial charge in [-0.3, -0.25) is 4.68 Å². The molecular formula is C12H17BrN4O.